The summed E-state index contributed by atoms with van der Waals surface area (Å²) in [4.78, 5) is 15.6. The first-order valence-electron chi connectivity index (χ1n) is 9.19. The quantitative estimate of drug-likeness (QED) is 0.169. The number of pyridine rings is 1. The summed E-state index contributed by atoms with van der Waals surface area (Å²) < 4.78 is 1.13. The van der Waals surface area contributed by atoms with Gasteiger partial charge in [-0.15, -0.1) is 35.3 Å². The van der Waals surface area contributed by atoms with Gasteiger partial charge in [-0.25, -0.2) is 9.97 Å². The molecule has 2 N–H and O–H groups in total. The van der Waals surface area contributed by atoms with Crippen molar-refractivity contribution < 1.29 is 0 Å². The van der Waals surface area contributed by atoms with Crippen LogP contribution >= 0.6 is 58.7 Å². The van der Waals surface area contributed by atoms with Crippen molar-refractivity contribution in [1.29, 1.82) is 0 Å². The lowest BCUT2D eigenvalue weighted by Gasteiger charge is -2.20. The van der Waals surface area contributed by atoms with Crippen LogP contribution in [0.4, 0.5) is 5.82 Å². The molecule has 0 bridgehead atoms. The molecule has 2 aromatic rings. The normalized spacial score (nSPS) is 16.7. The monoisotopic (exact) mass is 552 g/mol. The van der Waals surface area contributed by atoms with Crippen LogP contribution in [0.15, 0.2) is 39.2 Å². The largest absolute Gasteiger partial charge is 0.357 e. The Labute approximate surface area is 197 Å². The van der Waals surface area contributed by atoms with Crippen LogP contribution < -0.4 is 15.5 Å². The van der Waals surface area contributed by atoms with E-state index in [0.29, 0.717) is 11.1 Å². The third kappa shape index (κ3) is 7.23. The topological polar surface area (TPSA) is 65.4 Å². The van der Waals surface area contributed by atoms with Crippen LogP contribution in [-0.2, 0) is 0 Å². The Hall–Kier alpha value is -0.780. The van der Waals surface area contributed by atoms with E-state index in [9.17, 15) is 0 Å². The molecule has 10 heteroatoms. The van der Waals surface area contributed by atoms with Gasteiger partial charge >= 0.3 is 0 Å². The Bertz CT molecular complexity index is 731. The van der Waals surface area contributed by atoms with E-state index in [1.165, 1.54) is 0 Å². The van der Waals surface area contributed by atoms with Crippen molar-refractivity contribution in [3.8, 4) is 0 Å². The molecule has 0 saturated carbocycles. The second kappa shape index (κ2) is 12.7. The Balaban J connectivity index is 0.00000280. The number of hydrogen-bond acceptors (Lipinski definition) is 6. The SMILES string of the molecule is CCNC(=NCCCSc1nccs1)NC1CCN(c2ncccc2Cl)C1.I. The summed E-state index contributed by atoms with van der Waals surface area (Å²) in [5, 5.41) is 9.61. The van der Waals surface area contributed by atoms with Crippen molar-refractivity contribution in [2.24, 2.45) is 4.99 Å². The second-order valence-electron chi connectivity index (χ2n) is 6.15. The summed E-state index contributed by atoms with van der Waals surface area (Å²) in [6.07, 6.45) is 5.71. The summed E-state index contributed by atoms with van der Waals surface area (Å²) in [6.45, 7) is 5.56. The van der Waals surface area contributed by atoms with Gasteiger partial charge in [-0.2, -0.15) is 0 Å². The first-order chi connectivity index (χ1) is 13.3. The van der Waals surface area contributed by atoms with Gasteiger partial charge in [0.25, 0.3) is 0 Å². The molecule has 1 aliphatic heterocycles. The van der Waals surface area contributed by atoms with Crippen LogP contribution in [0.1, 0.15) is 19.8 Å². The maximum absolute atomic E-state index is 6.28. The number of aromatic nitrogens is 2. The average molecular weight is 553 g/mol. The van der Waals surface area contributed by atoms with Gasteiger partial charge in [0.2, 0.25) is 0 Å². The van der Waals surface area contributed by atoms with Gasteiger partial charge in [-0.3, -0.25) is 4.99 Å². The zero-order valence-corrected chi connectivity index (χ0v) is 20.5. The number of nitrogens with one attached hydrogen (secondary N) is 2. The first-order valence-corrected chi connectivity index (χ1v) is 11.4. The van der Waals surface area contributed by atoms with Crippen molar-refractivity contribution in [3.05, 3.63) is 34.9 Å². The summed E-state index contributed by atoms with van der Waals surface area (Å²) in [5.74, 6) is 2.78. The van der Waals surface area contributed by atoms with Gasteiger partial charge in [-0.05, 0) is 31.9 Å². The molecule has 2 aromatic heterocycles. The molecule has 0 aromatic carbocycles. The highest BCUT2D eigenvalue weighted by Gasteiger charge is 2.25. The van der Waals surface area contributed by atoms with E-state index < -0.39 is 0 Å². The minimum absolute atomic E-state index is 0. The van der Waals surface area contributed by atoms with E-state index in [1.54, 1.807) is 29.3 Å². The number of halogens is 2. The highest BCUT2D eigenvalue weighted by atomic mass is 127. The fraction of sp³-hybridized carbons (Fsp3) is 0.500. The third-order valence-corrected chi connectivity index (χ3v) is 6.47. The fourth-order valence-electron chi connectivity index (χ4n) is 2.89. The van der Waals surface area contributed by atoms with E-state index in [-0.39, 0.29) is 24.0 Å². The van der Waals surface area contributed by atoms with E-state index in [1.807, 2.05) is 23.7 Å². The van der Waals surface area contributed by atoms with E-state index in [4.69, 9.17) is 16.6 Å². The highest BCUT2D eigenvalue weighted by molar-refractivity contribution is 14.0. The standard InChI is InChI=1S/C18H25ClN6S2.HI/c1-2-20-17(22-8-4-11-26-18-23-9-12-27-18)24-14-6-10-25(13-14)16-15(19)5-3-7-21-16;/h3,5,7,9,12,14H,2,4,6,8,10-11,13H2,1H3,(H2,20,22,24);1H. The number of thiazole rings is 1. The Morgan fingerprint density at radius 3 is 3.07 bits per heavy atom. The van der Waals surface area contributed by atoms with Gasteiger partial charge in [0, 0.05) is 55.7 Å². The Kier molecular flexibility index (Phi) is 10.7. The molecule has 6 nitrogen and oxygen atoms in total. The number of nitrogens with zero attached hydrogens (tertiary/aromatic N) is 4. The molecule has 1 saturated heterocycles. The molecule has 3 heterocycles. The van der Waals surface area contributed by atoms with Crippen molar-refractivity contribution in [2.75, 3.05) is 36.8 Å². The summed E-state index contributed by atoms with van der Waals surface area (Å²) in [6, 6.07) is 4.09. The maximum atomic E-state index is 6.28. The van der Waals surface area contributed by atoms with Gasteiger partial charge in [0.15, 0.2) is 5.96 Å². The molecule has 0 radical (unpaired) electrons. The van der Waals surface area contributed by atoms with Gasteiger partial charge in [0.1, 0.15) is 10.2 Å². The van der Waals surface area contributed by atoms with Crippen LogP contribution in [0.5, 0.6) is 0 Å². The molecular formula is C18H26ClIN6S2. The molecule has 28 heavy (non-hydrogen) atoms. The van der Waals surface area contributed by atoms with Crippen LogP contribution in [0.25, 0.3) is 0 Å². The van der Waals surface area contributed by atoms with Crippen LogP contribution in [0.2, 0.25) is 5.02 Å². The predicted molar refractivity (Wildman–Crippen MR) is 132 cm³/mol. The Morgan fingerprint density at radius 2 is 2.32 bits per heavy atom. The lowest BCUT2D eigenvalue weighted by atomic mass is 10.3. The number of rotatable bonds is 8. The zero-order chi connectivity index (χ0) is 18.9. The number of aliphatic imine (C=N–C) groups is 1. The first kappa shape index (κ1) is 23.5. The van der Waals surface area contributed by atoms with Crippen LogP contribution in [0, 0.1) is 0 Å². The molecule has 1 unspecified atom stereocenters. The summed E-state index contributed by atoms with van der Waals surface area (Å²) >= 11 is 9.76. The maximum Gasteiger partial charge on any atom is 0.191 e. The summed E-state index contributed by atoms with van der Waals surface area (Å²) in [7, 11) is 0. The molecule has 154 valence electrons. The smallest absolute Gasteiger partial charge is 0.191 e. The number of anilines is 1. The molecule has 0 aliphatic carbocycles. The lowest BCUT2D eigenvalue weighted by molar-refractivity contribution is 0.648. The van der Waals surface area contributed by atoms with Gasteiger partial charge in [-0.1, -0.05) is 23.4 Å². The molecule has 1 aliphatic rings. The van der Waals surface area contributed by atoms with Crippen molar-refractivity contribution in [3.63, 3.8) is 0 Å². The predicted octanol–water partition coefficient (Wildman–Crippen LogP) is 4.13. The van der Waals surface area contributed by atoms with Crippen molar-refractivity contribution in [2.45, 2.75) is 30.1 Å². The molecule has 1 atom stereocenters. The molecular weight excluding hydrogens is 527 g/mol. The minimum atomic E-state index is 0. The van der Waals surface area contributed by atoms with Crippen LogP contribution in [-0.4, -0.2) is 53.9 Å². The van der Waals surface area contributed by atoms with Crippen molar-refractivity contribution >= 4 is 70.5 Å². The number of hydrogen-bond donors (Lipinski definition) is 2. The Morgan fingerprint density at radius 1 is 1.43 bits per heavy atom. The third-order valence-electron chi connectivity index (χ3n) is 4.12. The minimum Gasteiger partial charge on any atom is -0.357 e. The zero-order valence-electron chi connectivity index (χ0n) is 15.8. The van der Waals surface area contributed by atoms with Crippen molar-refractivity contribution in [1.82, 2.24) is 20.6 Å². The molecule has 0 amide bonds. The van der Waals surface area contributed by atoms with Gasteiger partial charge < -0.3 is 15.5 Å². The number of thioether (sulfide) groups is 1. The van der Waals surface area contributed by atoms with E-state index in [0.717, 1.165) is 60.9 Å². The average Bonchev–Trinajstić information content (AvgIpc) is 3.34. The number of guanidine groups is 1. The van der Waals surface area contributed by atoms with E-state index in [2.05, 4.69) is 32.4 Å². The fourth-order valence-corrected chi connectivity index (χ4v) is 4.76. The van der Waals surface area contributed by atoms with Gasteiger partial charge in [0.05, 0.1) is 5.02 Å². The summed E-state index contributed by atoms with van der Waals surface area (Å²) in [5.41, 5.74) is 0. The molecule has 0 spiro atoms. The highest BCUT2D eigenvalue weighted by Crippen LogP contribution is 2.25. The molecule has 1 fully saturated rings. The molecule has 3 rings (SSSR count). The second-order valence-corrected chi connectivity index (χ2v) is 8.79. The lowest BCUT2D eigenvalue weighted by Crippen LogP contribution is -2.44. The van der Waals surface area contributed by atoms with E-state index >= 15 is 0 Å². The van der Waals surface area contributed by atoms with Crippen LogP contribution in [0.3, 0.4) is 0 Å².